The fourth-order valence-electron chi connectivity index (χ4n) is 0.922. The van der Waals surface area contributed by atoms with Gasteiger partial charge < -0.3 is 14.9 Å². The number of amides is 1. The normalized spacial score (nSPS) is 14.9. The Labute approximate surface area is 82.1 Å². The number of rotatable bonds is 3. The molecule has 1 rings (SSSR count). The van der Waals surface area contributed by atoms with Crippen LogP contribution < -0.4 is 5.32 Å². The van der Waals surface area contributed by atoms with Crippen molar-refractivity contribution in [3.8, 4) is 0 Å². The second kappa shape index (κ2) is 4.23. The van der Waals surface area contributed by atoms with E-state index in [1.165, 1.54) is 6.20 Å². The molecule has 78 valence electrons. The van der Waals surface area contributed by atoms with Crippen LogP contribution in [0.3, 0.4) is 0 Å². The van der Waals surface area contributed by atoms with Crippen molar-refractivity contribution in [3.05, 3.63) is 17.5 Å². The van der Waals surface area contributed by atoms with Crippen molar-refractivity contribution in [2.45, 2.75) is 32.9 Å². The summed E-state index contributed by atoms with van der Waals surface area (Å²) in [6, 6.07) is -0.295. The van der Waals surface area contributed by atoms with Crippen LogP contribution >= 0.6 is 0 Å². The van der Waals surface area contributed by atoms with Crippen LogP contribution in [0.4, 0.5) is 0 Å². The molecule has 0 saturated carbocycles. The molecule has 0 spiro atoms. The van der Waals surface area contributed by atoms with Gasteiger partial charge in [0.25, 0.3) is 5.91 Å². The van der Waals surface area contributed by atoms with Crippen LogP contribution in [-0.2, 0) is 0 Å². The van der Waals surface area contributed by atoms with E-state index in [0.29, 0.717) is 11.3 Å². The van der Waals surface area contributed by atoms with Gasteiger partial charge in [-0.25, -0.2) is 0 Å². The first-order chi connectivity index (χ1) is 6.52. The zero-order chi connectivity index (χ0) is 10.7. The number of nitrogens with zero attached hydrogens (tertiary/aromatic N) is 1. The second-order valence-electron chi connectivity index (χ2n) is 3.30. The van der Waals surface area contributed by atoms with Crippen LogP contribution in [0.1, 0.15) is 30.0 Å². The SMILES string of the molecule is Cc1oncc1C(=O)NC(C)C(C)O. The minimum absolute atomic E-state index is 0.280. The van der Waals surface area contributed by atoms with Crippen molar-refractivity contribution >= 4 is 5.91 Å². The molecule has 0 aliphatic carbocycles. The number of aryl methyl sites for hydroxylation is 1. The van der Waals surface area contributed by atoms with Crippen molar-refractivity contribution in [2.24, 2.45) is 0 Å². The van der Waals surface area contributed by atoms with Crippen LogP contribution in [0.25, 0.3) is 0 Å². The number of aliphatic hydroxyl groups excluding tert-OH is 1. The van der Waals surface area contributed by atoms with Gasteiger partial charge in [0.15, 0.2) is 0 Å². The zero-order valence-electron chi connectivity index (χ0n) is 8.44. The summed E-state index contributed by atoms with van der Waals surface area (Å²) in [5, 5.41) is 15.3. The average molecular weight is 198 g/mol. The molecule has 1 amide bonds. The van der Waals surface area contributed by atoms with Gasteiger partial charge in [-0.05, 0) is 20.8 Å². The summed E-state index contributed by atoms with van der Waals surface area (Å²) in [6.07, 6.45) is 0.776. The second-order valence-corrected chi connectivity index (χ2v) is 3.30. The molecular weight excluding hydrogens is 184 g/mol. The maximum absolute atomic E-state index is 11.5. The minimum atomic E-state index is -0.584. The highest BCUT2D eigenvalue weighted by Crippen LogP contribution is 2.06. The van der Waals surface area contributed by atoms with E-state index in [0.717, 1.165) is 0 Å². The van der Waals surface area contributed by atoms with Crippen LogP contribution in [0.15, 0.2) is 10.7 Å². The molecule has 2 N–H and O–H groups in total. The van der Waals surface area contributed by atoms with Crippen LogP contribution in [-0.4, -0.2) is 28.3 Å². The largest absolute Gasteiger partial charge is 0.391 e. The molecule has 0 radical (unpaired) electrons. The van der Waals surface area contributed by atoms with Crippen LogP contribution in [0, 0.1) is 6.92 Å². The van der Waals surface area contributed by atoms with Gasteiger partial charge in [0.05, 0.1) is 18.3 Å². The van der Waals surface area contributed by atoms with Gasteiger partial charge in [-0.2, -0.15) is 0 Å². The Morgan fingerprint density at radius 3 is 2.71 bits per heavy atom. The van der Waals surface area contributed by atoms with Crippen molar-refractivity contribution in [1.82, 2.24) is 10.5 Å². The maximum atomic E-state index is 11.5. The lowest BCUT2D eigenvalue weighted by molar-refractivity contribution is 0.0872. The molecule has 1 heterocycles. The van der Waals surface area contributed by atoms with E-state index in [9.17, 15) is 9.90 Å². The molecule has 1 aromatic heterocycles. The highest BCUT2D eigenvalue weighted by Gasteiger charge is 2.17. The Morgan fingerprint density at radius 1 is 1.64 bits per heavy atom. The Balaban J connectivity index is 2.64. The monoisotopic (exact) mass is 198 g/mol. The molecule has 2 unspecified atom stereocenters. The summed E-state index contributed by atoms with van der Waals surface area (Å²) >= 11 is 0. The van der Waals surface area contributed by atoms with E-state index in [2.05, 4.69) is 10.5 Å². The van der Waals surface area contributed by atoms with Crippen molar-refractivity contribution < 1.29 is 14.4 Å². The van der Waals surface area contributed by atoms with Crippen LogP contribution in [0.5, 0.6) is 0 Å². The minimum Gasteiger partial charge on any atom is -0.391 e. The average Bonchev–Trinajstić information content (AvgIpc) is 2.51. The predicted molar refractivity (Wildman–Crippen MR) is 49.8 cm³/mol. The molecule has 5 heteroatoms. The number of nitrogens with one attached hydrogen (secondary N) is 1. The number of hydrogen-bond acceptors (Lipinski definition) is 4. The lowest BCUT2D eigenvalue weighted by Crippen LogP contribution is -2.39. The summed E-state index contributed by atoms with van der Waals surface area (Å²) in [4.78, 5) is 11.5. The van der Waals surface area contributed by atoms with Gasteiger partial charge in [-0.3, -0.25) is 4.79 Å². The quantitative estimate of drug-likeness (QED) is 0.740. The first-order valence-electron chi connectivity index (χ1n) is 4.42. The molecule has 14 heavy (non-hydrogen) atoms. The summed E-state index contributed by atoms with van der Waals surface area (Å²) in [7, 11) is 0. The van der Waals surface area contributed by atoms with E-state index in [1.54, 1.807) is 20.8 Å². The van der Waals surface area contributed by atoms with Gasteiger partial charge in [0, 0.05) is 0 Å². The highest BCUT2D eigenvalue weighted by molar-refractivity contribution is 5.94. The van der Waals surface area contributed by atoms with E-state index in [1.807, 2.05) is 0 Å². The fourth-order valence-corrected chi connectivity index (χ4v) is 0.922. The third kappa shape index (κ3) is 2.32. The molecule has 1 aromatic rings. The molecular formula is C9H14N2O3. The number of hydrogen-bond donors (Lipinski definition) is 2. The highest BCUT2D eigenvalue weighted by atomic mass is 16.5. The van der Waals surface area contributed by atoms with E-state index < -0.39 is 6.10 Å². The topological polar surface area (TPSA) is 75.4 Å². The van der Waals surface area contributed by atoms with E-state index in [4.69, 9.17) is 4.52 Å². The van der Waals surface area contributed by atoms with Gasteiger partial charge in [0.1, 0.15) is 11.3 Å². The van der Waals surface area contributed by atoms with Crippen molar-refractivity contribution in [1.29, 1.82) is 0 Å². The third-order valence-electron chi connectivity index (χ3n) is 2.08. The molecule has 0 bridgehead atoms. The van der Waals surface area contributed by atoms with Crippen molar-refractivity contribution in [3.63, 3.8) is 0 Å². The molecule has 5 nitrogen and oxygen atoms in total. The van der Waals surface area contributed by atoms with Gasteiger partial charge >= 0.3 is 0 Å². The third-order valence-corrected chi connectivity index (χ3v) is 2.08. The molecule has 2 atom stereocenters. The van der Waals surface area contributed by atoms with Crippen molar-refractivity contribution in [2.75, 3.05) is 0 Å². The lowest BCUT2D eigenvalue weighted by Gasteiger charge is -2.15. The summed E-state index contributed by atoms with van der Waals surface area (Å²) in [5.41, 5.74) is 0.400. The lowest BCUT2D eigenvalue weighted by atomic mass is 10.2. The number of carbonyl (C=O) groups excluding carboxylic acids is 1. The first-order valence-corrected chi connectivity index (χ1v) is 4.42. The molecule has 0 aliphatic heterocycles. The number of carbonyl (C=O) groups is 1. The Bertz CT molecular complexity index is 320. The fraction of sp³-hybridized carbons (Fsp3) is 0.556. The smallest absolute Gasteiger partial charge is 0.256 e. The standard InChI is InChI=1S/C9H14N2O3/c1-5(6(2)12)11-9(13)8-4-10-14-7(8)3/h4-6,12H,1-3H3,(H,11,13). The molecule has 0 aliphatic rings. The summed E-state index contributed by atoms with van der Waals surface area (Å²) in [5.74, 6) is 0.192. The zero-order valence-corrected chi connectivity index (χ0v) is 8.44. The van der Waals surface area contributed by atoms with Gasteiger partial charge in [0.2, 0.25) is 0 Å². The number of aromatic nitrogens is 1. The van der Waals surface area contributed by atoms with Crippen LogP contribution in [0.2, 0.25) is 0 Å². The first kappa shape index (κ1) is 10.7. The van der Waals surface area contributed by atoms with E-state index >= 15 is 0 Å². The molecule has 0 aromatic carbocycles. The maximum Gasteiger partial charge on any atom is 0.256 e. The summed E-state index contributed by atoms with van der Waals surface area (Å²) in [6.45, 7) is 5.01. The summed E-state index contributed by atoms with van der Waals surface area (Å²) < 4.78 is 4.75. The Kier molecular flexibility index (Phi) is 3.24. The van der Waals surface area contributed by atoms with Gasteiger partial charge in [-0.1, -0.05) is 5.16 Å². The van der Waals surface area contributed by atoms with Gasteiger partial charge in [-0.15, -0.1) is 0 Å². The predicted octanol–water partition coefficient (Wildman–Crippen LogP) is 0.482. The molecule has 0 fully saturated rings. The van der Waals surface area contributed by atoms with E-state index in [-0.39, 0.29) is 11.9 Å². The number of aliphatic hydroxyl groups is 1. The Hall–Kier alpha value is -1.36. The molecule has 0 saturated heterocycles. The Morgan fingerprint density at radius 2 is 2.29 bits per heavy atom.